The number of hydrogen-bond donors (Lipinski definition) is 1. The average Bonchev–Trinajstić information content (AvgIpc) is 2.55. The van der Waals surface area contributed by atoms with Gasteiger partial charge in [0.15, 0.2) is 6.10 Å². The van der Waals surface area contributed by atoms with Crippen LogP contribution in [0.2, 0.25) is 0 Å². The van der Waals surface area contributed by atoms with E-state index in [0.717, 1.165) is 5.56 Å². The second-order valence-electron chi connectivity index (χ2n) is 6.13. The number of ether oxygens (including phenoxy) is 1. The molecule has 0 spiro atoms. The maximum absolute atomic E-state index is 12.2. The predicted molar refractivity (Wildman–Crippen MR) is 95.2 cm³/mol. The minimum atomic E-state index is -0.873. The van der Waals surface area contributed by atoms with Gasteiger partial charge in [-0.25, -0.2) is 4.79 Å². The fourth-order valence-corrected chi connectivity index (χ4v) is 2.27. The Morgan fingerprint density at radius 2 is 1.58 bits per heavy atom. The fourth-order valence-electron chi connectivity index (χ4n) is 2.27. The molecule has 0 aliphatic rings. The van der Waals surface area contributed by atoms with Gasteiger partial charge in [0.1, 0.15) is 0 Å². The number of nitrogens with one attached hydrogen (secondary N) is 1. The van der Waals surface area contributed by atoms with Crippen LogP contribution < -0.4 is 5.32 Å². The molecule has 0 aromatic heterocycles. The Balaban J connectivity index is 1.97. The van der Waals surface area contributed by atoms with Crippen LogP contribution in [-0.2, 0) is 9.53 Å². The summed E-state index contributed by atoms with van der Waals surface area (Å²) in [5.74, 6) is -0.413. The van der Waals surface area contributed by atoms with Crippen LogP contribution in [0.5, 0.6) is 0 Å². The van der Waals surface area contributed by atoms with Gasteiger partial charge in [-0.3, -0.25) is 4.79 Å². The van der Waals surface area contributed by atoms with E-state index < -0.39 is 12.1 Å². The lowest BCUT2D eigenvalue weighted by atomic mass is 10.0. The quantitative estimate of drug-likeness (QED) is 0.834. The zero-order chi connectivity index (χ0) is 17.7. The number of rotatable bonds is 5. The Morgan fingerprint density at radius 3 is 2.17 bits per heavy atom. The van der Waals surface area contributed by atoms with Crippen molar-refractivity contribution in [1.29, 1.82) is 0 Å². The molecule has 0 aliphatic carbocycles. The minimum Gasteiger partial charge on any atom is -0.449 e. The Hall–Kier alpha value is -2.62. The molecule has 1 atom stereocenters. The van der Waals surface area contributed by atoms with E-state index in [9.17, 15) is 9.59 Å². The number of hydrogen-bond acceptors (Lipinski definition) is 3. The van der Waals surface area contributed by atoms with Crippen LogP contribution in [0, 0.1) is 6.92 Å². The van der Waals surface area contributed by atoms with Gasteiger partial charge in [-0.1, -0.05) is 44.2 Å². The van der Waals surface area contributed by atoms with E-state index in [4.69, 9.17) is 4.74 Å². The average molecular weight is 325 g/mol. The highest BCUT2D eigenvalue weighted by molar-refractivity contribution is 5.97. The molecule has 2 aromatic rings. The summed E-state index contributed by atoms with van der Waals surface area (Å²) in [4.78, 5) is 24.3. The highest BCUT2D eigenvalue weighted by Crippen LogP contribution is 2.17. The van der Waals surface area contributed by atoms with E-state index in [-0.39, 0.29) is 5.91 Å². The number of anilines is 1. The highest BCUT2D eigenvalue weighted by Gasteiger charge is 2.20. The molecule has 0 bridgehead atoms. The highest BCUT2D eigenvalue weighted by atomic mass is 16.5. The molecule has 2 aromatic carbocycles. The predicted octanol–water partition coefficient (Wildman–Crippen LogP) is 4.30. The van der Waals surface area contributed by atoms with Crippen LogP contribution in [0.15, 0.2) is 48.5 Å². The van der Waals surface area contributed by atoms with E-state index in [1.54, 1.807) is 19.1 Å². The maximum Gasteiger partial charge on any atom is 0.339 e. The molecule has 0 fully saturated rings. The molecule has 2 rings (SSSR count). The summed E-state index contributed by atoms with van der Waals surface area (Å²) in [5, 5.41) is 2.76. The third-order valence-corrected chi connectivity index (χ3v) is 3.86. The molecule has 24 heavy (non-hydrogen) atoms. The van der Waals surface area contributed by atoms with Crippen molar-refractivity contribution >= 4 is 17.6 Å². The monoisotopic (exact) mass is 325 g/mol. The molecule has 0 radical (unpaired) electrons. The second kappa shape index (κ2) is 7.77. The van der Waals surface area contributed by atoms with Gasteiger partial charge in [0, 0.05) is 5.69 Å². The van der Waals surface area contributed by atoms with Crippen molar-refractivity contribution in [2.45, 2.75) is 39.7 Å². The number of carbonyl (C=O) groups is 2. The summed E-state index contributed by atoms with van der Waals surface area (Å²) in [6, 6.07) is 14.8. The lowest BCUT2D eigenvalue weighted by Crippen LogP contribution is -2.30. The topological polar surface area (TPSA) is 55.4 Å². The third-order valence-electron chi connectivity index (χ3n) is 3.86. The molecule has 4 heteroatoms. The van der Waals surface area contributed by atoms with E-state index in [1.165, 1.54) is 5.56 Å². The number of carbonyl (C=O) groups excluding carboxylic acids is 2. The lowest BCUT2D eigenvalue weighted by molar-refractivity contribution is -0.123. The normalized spacial score (nSPS) is 11.9. The standard InChI is InChI=1S/C20H23NO3/c1-13(2)16-9-11-17(12-10-16)21-19(22)15(4)24-20(23)18-8-6-5-7-14(18)3/h5-13,15H,1-4H3,(H,21,22)/t15-/m1/s1. The van der Waals surface area contributed by atoms with Crippen LogP contribution in [0.1, 0.15) is 48.2 Å². The number of esters is 1. The summed E-state index contributed by atoms with van der Waals surface area (Å²) in [6.45, 7) is 7.62. The van der Waals surface area contributed by atoms with Crippen LogP contribution in [0.3, 0.4) is 0 Å². The van der Waals surface area contributed by atoms with Gasteiger partial charge >= 0.3 is 5.97 Å². The second-order valence-corrected chi connectivity index (χ2v) is 6.13. The van der Waals surface area contributed by atoms with Gasteiger partial charge in [-0.2, -0.15) is 0 Å². The van der Waals surface area contributed by atoms with Crippen LogP contribution in [0.4, 0.5) is 5.69 Å². The maximum atomic E-state index is 12.2. The number of benzene rings is 2. The molecule has 0 unspecified atom stereocenters. The SMILES string of the molecule is Cc1ccccc1C(=O)O[C@H](C)C(=O)Nc1ccc(C(C)C)cc1. The molecular formula is C20H23NO3. The van der Waals surface area contributed by atoms with Crippen molar-refractivity contribution in [1.82, 2.24) is 0 Å². The first-order valence-electron chi connectivity index (χ1n) is 8.06. The Morgan fingerprint density at radius 1 is 0.958 bits per heavy atom. The molecular weight excluding hydrogens is 302 g/mol. The zero-order valence-corrected chi connectivity index (χ0v) is 14.5. The van der Waals surface area contributed by atoms with Gasteiger partial charge in [-0.15, -0.1) is 0 Å². The minimum absolute atomic E-state index is 0.353. The molecule has 0 saturated carbocycles. The van der Waals surface area contributed by atoms with Gasteiger partial charge in [0.05, 0.1) is 5.56 Å². The van der Waals surface area contributed by atoms with Crippen molar-refractivity contribution < 1.29 is 14.3 Å². The fraction of sp³-hybridized carbons (Fsp3) is 0.300. The zero-order valence-electron chi connectivity index (χ0n) is 14.5. The third kappa shape index (κ3) is 4.44. The van der Waals surface area contributed by atoms with Gasteiger partial charge in [0.2, 0.25) is 0 Å². The first-order chi connectivity index (χ1) is 11.4. The first-order valence-corrected chi connectivity index (χ1v) is 8.06. The molecule has 0 saturated heterocycles. The van der Waals surface area contributed by atoms with Crippen molar-refractivity contribution in [3.05, 3.63) is 65.2 Å². The van der Waals surface area contributed by atoms with Crippen LogP contribution >= 0.6 is 0 Å². The number of aryl methyl sites for hydroxylation is 1. The molecule has 0 aliphatic heterocycles. The first kappa shape index (κ1) is 17.7. The largest absolute Gasteiger partial charge is 0.449 e. The van der Waals surface area contributed by atoms with Gasteiger partial charge in [0.25, 0.3) is 5.91 Å². The summed E-state index contributed by atoms with van der Waals surface area (Å²) in [7, 11) is 0. The van der Waals surface area contributed by atoms with Crippen LogP contribution in [0.25, 0.3) is 0 Å². The van der Waals surface area contributed by atoms with Crippen molar-refractivity contribution in [3.63, 3.8) is 0 Å². The van der Waals surface area contributed by atoms with E-state index in [1.807, 2.05) is 43.3 Å². The van der Waals surface area contributed by atoms with E-state index in [0.29, 0.717) is 17.2 Å². The summed E-state index contributed by atoms with van der Waals surface area (Å²) in [5.41, 5.74) is 3.17. The van der Waals surface area contributed by atoms with Crippen molar-refractivity contribution in [3.8, 4) is 0 Å². The van der Waals surface area contributed by atoms with Crippen molar-refractivity contribution in [2.24, 2.45) is 0 Å². The van der Waals surface area contributed by atoms with Gasteiger partial charge < -0.3 is 10.1 Å². The molecule has 1 amide bonds. The Kier molecular flexibility index (Phi) is 5.74. The summed E-state index contributed by atoms with van der Waals surface area (Å²) in [6.07, 6.45) is -0.873. The summed E-state index contributed by atoms with van der Waals surface area (Å²) < 4.78 is 5.26. The van der Waals surface area contributed by atoms with Gasteiger partial charge in [-0.05, 0) is 49.1 Å². The summed E-state index contributed by atoms with van der Waals surface area (Å²) >= 11 is 0. The van der Waals surface area contributed by atoms with E-state index in [2.05, 4.69) is 19.2 Å². The van der Waals surface area contributed by atoms with Crippen LogP contribution in [-0.4, -0.2) is 18.0 Å². The van der Waals surface area contributed by atoms with Crippen molar-refractivity contribution in [2.75, 3.05) is 5.32 Å². The Labute approximate surface area is 142 Å². The smallest absolute Gasteiger partial charge is 0.339 e. The molecule has 0 heterocycles. The Bertz CT molecular complexity index is 720. The molecule has 1 N–H and O–H groups in total. The molecule has 126 valence electrons. The van der Waals surface area contributed by atoms with E-state index >= 15 is 0 Å². The lowest BCUT2D eigenvalue weighted by Gasteiger charge is -2.15. The number of amides is 1. The molecule has 4 nitrogen and oxygen atoms in total.